The summed E-state index contributed by atoms with van der Waals surface area (Å²) in [5.41, 5.74) is 0.724. The highest BCUT2D eigenvalue weighted by atomic mass is 16.5. The van der Waals surface area contributed by atoms with Crippen LogP contribution in [0, 0.1) is 6.92 Å². The maximum absolute atomic E-state index is 11.0. The van der Waals surface area contributed by atoms with Crippen LogP contribution < -0.4 is 4.90 Å². The number of hydrogen-bond acceptors (Lipinski definition) is 5. The molecule has 0 saturated carbocycles. The number of aryl methyl sites for hydroxylation is 1. The number of aromatic carboxylic acids is 1. The first kappa shape index (κ1) is 16.4. The minimum absolute atomic E-state index is 0.123. The number of hydrogen-bond donors (Lipinski definition) is 1. The zero-order chi connectivity index (χ0) is 15.1. The second-order valence-electron chi connectivity index (χ2n) is 4.60. The number of carboxylic acids is 1. The van der Waals surface area contributed by atoms with E-state index in [-0.39, 0.29) is 11.6 Å². The number of methoxy groups -OCH3 is 2. The molecule has 0 aliphatic rings. The molecule has 0 radical (unpaired) electrons. The number of carbonyl (C=O) groups is 1. The van der Waals surface area contributed by atoms with Crippen LogP contribution in [0.15, 0.2) is 12.1 Å². The van der Waals surface area contributed by atoms with E-state index < -0.39 is 5.97 Å². The summed E-state index contributed by atoms with van der Waals surface area (Å²) in [6.07, 6.45) is 0. The second kappa shape index (κ2) is 7.81. The molecule has 1 rings (SSSR count). The molecule has 0 spiro atoms. The van der Waals surface area contributed by atoms with E-state index in [9.17, 15) is 4.79 Å². The third kappa shape index (κ3) is 4.18. The Morgan fingerprint density at radius 1 is 1.40 bits per heavy atom. The number of aromatic nitrogens is 1. The van der Waals surface area contributed by atoms with E-state index in [0.29, 0.717) is 25.5 Å². The summed E-state index contributed by atoms with van der Waals surface area (Å²) in [4.78, 5) is 17.4. The second-order valence-corrected chi connectivity index (χ2v) is 4.60. The maximum atomic E-state index is 11.0. The van der Waals surface area contributed by atoms with Gasteiger partial charge in [0, 0.05) is 20.8 Å². The Hall–Kier alpha value is -1.66. The SMILES string of the molecule is COCCN(c1ccc(C(=O)O)c(C)n1)C(C)COC. The van der Waals surface area contributed by atoms with Crippen LogP contribution in [-0.2, 0) is 9.47 Å². The van der Waals surface area contributed by atoms with Crippen molar-refractivity contribution >= 4 is 11.8 Å². The molecule has 1 aromatic heterocycles. The first-order valence-corrected chi connectivity index (χ1v) is 6.46. The van der Waals surface area contributed by atoms with Gasteiger partial charge in [0.15, 0.2) is 0 Å². The third-order valence-corrected chi connectivity index (χ3v) is 3.07. The van der Waals surface area contributed by atoms with Gasteiger partial charge in [0.2, 0.25) is 0 Å². The highest BCUT2D eigenvalue weighted by Gasteiger charge is 2.17. The van der Waals surface area contributed by atoms with Crippen molar-refractivity contribution in [3.8, 4) is 0 Å². The molecule has 6 nitrogen and oxygen atoms in total. The molecule has 1 atom stereocenters. The monoisotopic (exact) mass is 282 g/mol. The van der Waals surface area contributed by atoms with E-state index in [1.165, 1.54) is 0 Å². The van der Waals surface area contributed by atoms with Crippen LogP contribution in [0.5, 0.6) is 0 Å². The summed E-state index contributed by atoms with van der Waals surface area (Å²) < 4.78 is 10.3. The van der Waals surface area contributed by atoms with E-state index in [4.69, 9.17) is 14.6 Å². The van der Waals surface area contributed by atoms with Crippen molar-refractivity contribution < 1.29 is 19.4 Å². The van der Waals surface area contributed by atoms with E-state index >= 15 is 0 Å². The van der Waals surface area contributed by atoms with Gasteiger partial charge < -0.3 is 19.5 Å². The van der Waals surface area contributed by atoms with Crippen molar-refractivity contribution in [3.63, 3.8) is 0 Å². The Balaban J connectivity index is 3.00. The molecule has 0 saturated heterocycles. The number of pyridine rings is 1. The summed E-state index contributed by atoms with van der Waals surface area (Å²) >= 11 is 0. The van der Waals surface area contributed by atoms with Gasteiger partial charge in [-0.25, -0.2) is 9.78 Å². The minimum atomic E-state index is -0.963. The fourth-order valence-corrected chi connectivity index (χ4v) is 2.02. The van der Waals surface area contributed by atoms with Crippen LogP contribution in [0.1, 0.15) is 23.0 Å². The molecule has 0 aliphatic carbocycles. The number of carboxylic acid groups (broad SMARTS) is 1. The third-order valence-electron chi connectivity index (χ3n) is 3.07. The predicted octanol–water partition coefficient (Wildman–Crippen LogP) is 1.58. The van der Waals surface area contributed by atoms with Crippen LogP contribution >= 0.6 is 0 Å². The average molecular weight is 282 g/mol. The Bertz CT molecular complexity index is 451. The molecular weight excluding hydrogens is 260 g/mol. The van der Waals surface area contributed by atoms with Crippen molar-refractivity contribution in [3.05, 3.63) is 23.4 Å². The highest BCUT2D eigenvalue weighted by Crippen LogP contribution is 2.17. The maximum Gasteiger partial charge on any atom is 0.337 e. The van der Waals surface area contributed by atoms with Crippen molar-refractivity contribution in [1.29, 1.82) is 0 Å². The zero-order valence-corrected chi connectivity index (χ0v) is 12.4. The van der Waals surface area contributed by atoms with Gasteiger partial charge >= 0.3 is 5.97 Å². The molecule has 20 heavy (non-hydrogen) atoms. The lowest BCUT2D eigenvalue weighted by Crippen LogP contribution is -2.39. The highest BCUT2D eigenvalue weighted by molar-refractivity contribution is 5.89. The normalized spacial score (nSPS) is 12.2. The molecule has 0 amide bonds. The van der Waals surface area contributed by atoms with Gasteiger partial charge in [0.05, 0.1) is 30.5 Å². The van der Waals surface area contributed by atoms with Gasteiger partial charge in [-0.05, 0) is 26.0 Å². The number of rotatable bonds is 8. The molecule has 0 aliphatic heterocycles. The Kier molecular flexibility index (Phi) is 6.41. The van der Waals surface area contributed by atoms with Gasteiger partial charge in [-0.1, -0.05) is 0 Å². The van der Waals surface area contributed by atoms with Crippen molar-refractivity contribution in [2.24, 2.45) is 0 Å². The van der Waals surface area contributed by atoms with Crippen LogP contribution in [0.3, 0.4) is 0 Å². The lowest BCUT2D eigenvalue weighted by Gasteiger charge is -2.30. The number of nitrogens with zero attached hydrogens (tertiary/aromatic N) is 2. The predicted molar refractivity (Wildman–Crippen MR) is 76.5 cm³/mol. The van der Waals surface area contributed by atoms with Crippen LogP contribution in [0.4, 0.5) is 5.82 Å². The lowest BCUT2D eigenvalue weighted by molar-refractivity contribution is 0.0695. The number of ether oxygens (including phenoxy) is 2. The quantitative estimate of drug-likeness (QED) is 0.780. The van der Waals surface area contributed by atoms with E-state index in [1.54, 1.807) is 33.3 Å². The first-order valence-electron chi connectivity index (χ1n) is 6.46. The average Bonchev–Trinajstić information content (AvgIpc) is 2.39. The minimum Gasteiger partial charge on any atom is -0.478 e. The zero-order valence-electron chi connectivity index (χ0n) is 12.4. The Labute approximate surface area is 119 Å². The molecule has 1 heterocycles. The molecule has 112 valence electrons. The summed E-state index contributed by atoms with van der Waals surface area (Å²) in [6, 6.07) is 3.43. The van der Waals surface area contributed by atoms with Gasteiger partial charge in [-0.3, -0.25) is 0 Å². The molecular formula is C14H22N2O4. The summed E-state index contributed by atoms with van der Waals surface area (Å²) in [5, 5.41) is 9.04. The fraction of sp³-hybridized carbons (Fsp3) is 0.571. The van der Waals surface area contributed by atoms with Crippen molar-refractivity contribution in [2.45, 2.75) is 19.9 Å². The van der Waals surface area contributed by atoms with E-state index in [0.717, 1.165) is 5.82 Å². The van der Waals surface area contributed by atoms with E-state index in [2.05, 4.69) is 4.98 Å². The van der Waals surface area contributed by atoms with Gasteiger partial charge in [-0.2, -0.15) is 0 Å². The molecule has 1 unspecified atom stereocenters. The fourth-order valence-electron chi connectivity index (χ4n) is 2.02. The molecule has 0 bridgehead atoms. The van der Waals surface area contributed by atoms with E-state index in [1.807, 2.05) is 11.8 Å². The Morgan fingerprint density at radius 2 is 2.10 bits per heavy atom. The van der Waals surface area contributed by atoms with Gasteiger partial charge in [0.1, 0.15) is 5.82 Å². The van der Waals surface area contributed by atoms with Crippen LogP contribution in [0.2, 0.25) is 0 Å². The van der Waals surface area contributed by atoms with Crippen molar-refractivity contribution in [2.75, 3.05) is 38.9 Å². The molecule has 0 fully saturated rings. The van der Waals surface area contributed by atoms with Crippen molar-refractivity contribution in [1.82, 2.24) is 4.98 Å². The number of anilines is 1. The Morgan fingerprint density at radius 3 is 2.60 bits per heavy atom. The molecule has 1 aromatic rings. The molecule has 0 aromatic carbocycles. The van der Waals surface area contributed by atoms with Gasteiger partial charge in [-0.15, -0.1) is 0 Å². The lowest BCUT2D eigenvalue weighted by atomic mass is 10.2. The first-order chi connectivity index (χ1) is 9.51. The van der Waals surface area contributed by atoms with Gasteiger partial charge in [0.25, 0.3) is 0 Å². The largest absolute Gasteiger partial charge is 0.478 e. The summed E-state index contributed by atoms with van der Waals surface area (Å²) in [6.45, 7) is 5.52. The van der Waals surface area contributed by atoms with Crippen LogP contribution in [-0.4, -0.2) is 56.1 Å². The topological polar surface area (TPSA) is 71.9 Å². The summed E-state index contributed by atoms with van der Waals surface area (Å²) in [5.74, 6) is -0.232. The smallest absolute Gasteiger partial charge is 0.337 e. The van der Waals surface area contributed by atoms with Crippen LogP contribution in [0.25, 0.3) is 0 Å². The molecule has 6 heteroatoms. The molecule has 1 N–H and O–H groups in total. The standard InChI is InChI=1S/C14H22N2O4/c1-10(9-20-4)16(7-8-19-3)13-6-5-12(14(17)18)11(2)15-13/h5-6,10H,7-9H2,1-4H3,(H,17,18). The summed E-state index contributed by atoms with van der Waals surface area (Å²) in [7, 11) is 3.29.